The summed E-state index contributed by atoms with van der Waals surface area (Å²) >= 11 is 3.26. The number of carboxylic acid groups (broad SMARTS) is 1. The summed E-state index contributed by atoms with van der Waals surface area (Å²) in [5.74, 6) is -0.946. The number of halogens is 1. The highest BCUT2D eigenvalue weighted by Crippen LogP contribution is 2.31. The SMILES string of the molecule is O=C(O)c1ccc(Br)c2c1CCC2=O. The van der Waals surface area contributed by atoms with Gasteiger partial charge in [0.25, 0.3) is 0 Å². The van der Waals surface area contributed by atoms with Crippen LogP contribution in [0, 0.1) is 0 Å². The van der Waals surface area contributed by atoms with Gasteiger partial charge in [0, 0.05) is 16.5 Å². The quantitative estimate of drug-likeness (QED) is 0.837. The maximum atomic E-state index is 11.4. The van der Waals surface area contributed by atoms with E-state index in [4.69, 9.17) is 5.11 Å². The molecule has 0 fully saturated rings. The maximum absolute atomic E-state index is 11.4. The molecular formula is C10H7BrO3. The number of fused-ring (bicyclic) bond motifs is 1. The molecule has 0 aromatic heterocycles. The van der Waals surface area contributed by atoms with Gasteiger partial charge in [0.1, 0.15) is 0 Å². The minimum Gasteiger partial charge on any atom is -0.478 e. The van der Waals surface area contributed by atoms with E-state index in [-0.39, 0.29) is 11.3 Å². The Hall–Kier alpha value is -1.16. The van der Waals surface area contributed by atoms with Crippen LogP contribution in [0.3, 0.4) is 0 Å². The molecule has 4 heteroatoms. The van der Waals surface area contributed by atoms with Crippen molar-refractivity contribution in [2.75, 3.05) is 0 Å². The Morgan fingerprint density at radius 3 is 2.71 bits per heavy atom. The highest BCUT2D eigenvalue weighted by molar-refractivity contribution is 9.10. The molecule has 0 radical (unpaired) electrons. The second kappa shape index (κ2) is 3.20. The Bertz CT molecular complexity index is 437. The Balaban J connectivity index is 2.70. The summed E-state index contributed by atoms with van der Waals surface area (Å²) in [5.41, 5.74) is 1.45. The van der Waals surface area contributed by atoms with E-state index in [1.165, 1.54) is 6.07 Å². The molecule has 3 nitrogen and oxygen atoms in total. The van der Waals surface area contributed by atoms with Crippen molar-refractivity contribution in [3.05, 3.63) is 33.3 Å². The zero-order valence-electron chi connectivity index (χ0n) is 7.21. The van der Waals surface area contributed by atoms with Crippen molar-refractivity contribution in [2.45, 2.75) is 12.8 Å². The van der Waals surface area contributed by atoms with Gasteiger partial charge in [-0.05, 0) is 24.1 Å². The molecule has 1 aromatic rings. The van der Waals surface area contributed by atoms with E-state index < -0.39 is 5.97 Å². The lowest BCUT2D eigenvalue weighted by Gasteiger charge is -2.04. The van der Waals surface area contributed by atoms with Crippen LogP contribution in [0.15, 0.2) is 16.6 Å². The van der Waals surface area contributed by atoms with Crippen LogP contribution in [-0.2, 0) is 6.42 Å². The maximum Gasteiger partial charge on any atom is 0.335 e. The molecule has 0 saturated carbocycles. The second-order valence-corrected chi connectivity index (χ2v) is 4.03. The van der Waals surface area contributed by atoms with Gasteiger partial charge in [-0.1, -0.05) is 15.9 Å². The van der Waals surface area contributed by atoms with Gasteiger partial charge in [-0.3, -0.25) is 4.79 Å². The zero-order chi connectivity index (χ0) is 10.3. The molecule has 0 saturated heterocycles. The molecule has 0 heterocycles. The van der Waals surface area contributed by atoms with Crippen LogP contribution < -0.4 is 0 Å². The van der Waals surface area contributed by atoms with Crippen molar-refractivity contribution < 1.29 is 14.7 Å². The summed E-state index contributed by atoms with van der Waals surface area (Å²) in [7, 11) is 0. The summed E-state index contributed by atoms with van der Waals surface area (Å²) in [5, 5.41) is 8.90. The van der Waals surface area contributed by atoms with Gasteiger partial charge in [0.05, 0.1) is 5.56 Å². The molecule has 14 heavy (non-hydrogen) atoms. The van der Waals surface area contributed by atoms with Gasteiger partial charge in [-0.15, -0.1) is 0 Å². The van der Waals surface area contributed by atoms with Gasteiger partial charge in [-0.25, -0.2) is 4.79 Å². The van der Waals surface area contributed by atoms with E-state index in [2.05, 4.69) is 15.9 Å². The molecule has 1 N–H and O–H groups in total. The van der Waals surface area contributed by atoms with Gasteiger partial charge in [0.2, 0.25) is 0 Å². The predicted octanol–water partition coefficient (Wildman–Crippen LogP) is 2.28. The fourth-order valence-corrected chi connectivity index (χ4v) is 2.34. The smallest absolute Gasteiger partial charge is 0.335 e. The first-order valence-electron chi connectivity index (χ1n) is 4.19. The minimum absolute atomic E-state index is 0.0231. The summed E-state index contributed by atoms with van der Waals surface area (Å²) in [6.07, 6.45) is 0.952. The number of carbonyl (C=O) groups is 2. The predicted molar refractivity (Wildman–Crippen MR) is 53.8 cm³/mol. The fourth-order valence-electron chi connectivity index (χ4n) is 1.74. The van der Waals surface area contributed by atoms with Crippen LogP contribution in [0.2, 0.25) is 0 Å². The summed E-state index contributed by atoms with van der Waals surface area (Å²) in [4.78, 5) is 22.3. The van der Waals surface area contributed by atoms with Crippen molar-refractivity contribution in [1.29, 1.82) is 0 Å². The molecule has 2 rings (SSSR count). The molecule has 0 atom stereocenters. The van der Waals surface area contributed by atoms with Crippen molar-refractivity contribution in [2.24, 2.45) is 0 Å². The van der Waals surface area contributed by atoms with Gasteiger partial charge in [-0.2, -0.15) is 0 Å². The number of benzene rings is 1. The van der Waals surface area contributed by atoms with Gasteiger partial charge < -0.3 is 5.11 Å². The average Bonchev–Trinajstić information content (AvgIpc) is 2.49. The van der Waals surface area contributed by atoms with Crippen LogP contribution in [0.5, 0.6) is 0 Å². The highest BCUT2D eigenvalue weighted by atomic mass is 79.9. The van der Waals surface area contributed by atoms with E-state index in [9.17, 15) is 9.59 Å². The average molecular weight is 255 g/mol. The highest BCUT2D eigenvalue weighted by Gasteiger charge is 2.26. The largest absolute Gasteiger partial charge is 0.478 e. The molecule has 0 spiro atoms. The van der Waals surface area contributed by atoms with Crippen molar-refractivity contribution in [3.8, 4) is 0 Å². The van der Waals surface area contributed by atoms with Crippen LogP contribution in [0.1, 0.15) is 32.7 Å². The zero-order valence-corrected chi connectivity index (χ0v) is 8.80. The number of carbonyl (C=O) groups excluding carboxylic acids is 1. The first-order chi connectivity index (χ1) is 6.61. The monoisotopic (exact) mass is 254 g/mol. The number of aromatic carboxylic acids is 1. The van der Waals surface area contributed by atoms with Crippen molar-refractivity contribution in [1.82, 2.24) is 0 Å². The Morgan fingerprint density at radius 2 is 2.07 bits per heavy atom. The number of Topliss-reactive ketones (excluding diaryl/α,β-unsaturated/α-hetero) is 1. The van der Waals surface area contributed by atoms with Crippen molar-refractivity contribution in [3.63, 3.8) is 0 Å². The Morgan fingerprint density at radius 1 is 1.36 bits per heavy atom. The number of carboxylic acids is 1. The van der Waals surface area contributed by atoms with Crippen LogP contribution in [0.4, 0.5) is 0 Å². The van der Waals surface area contributed by atoms with E-state index in [0.717, 1.165) is 0 Å². The van der Waals surface area contributed by atoms with Crippen molar-refractivity contribution >= 4 is 27.7 Å². The Kier molecular flexibility index (Phi) is 2.15. The third-order valence-electron chi connectivity index (χ3n) is 2.37. The summed E-state index contributed by atoms with van der Waals surface area (Å²) < 4.78 is 0.694. The first kappa shape index (κ1) is 9.40. The molecule has 0 bridgehead atoms. The van der Waals surface area contributed by atoms with Crippen LogP contribution >= 0.6 is 15.9 Å². The molecule has 0 aliphatic heterocycles. The first-order valence-corrected chi connectivity index (χ1v) is 4.98. The van der Waals surface area contributed by atoms with Gasteiger partial charge >= 0.3 is 5.97 Å². The number of hydrogen-bond acceptors (Lipinski definition) is 2. The third-order valence-corrected chi connectivity index (χ3v) is 3.03. The van der Waals surface area contributed by atoms with E-state index in [0.29, 0.717) is 28.4 Å². The number of hydrogen-bond donors (Lipinski definition) is 1. The third kappa shape index (κ3) is 1.26. The molecule has 72 valence electrons. The minimum atomic E-state index is -0.969. The Labute approximate surface area is 88.9 Å². The van der Waals surface area contributed by atoms with E-state index in [1.54, 1.807) is 6.07 Å². The van der Waals surface area contributed by atoms with Crippen LogP contribution in [-0.4, -0.2) is 16.9 Å². The molecule has 1 aliphatic carbocycles. The summed E-state index contributed by atoms with van der Waals surface area (Å²) in [6.45, 7) is 0. The number of ketones is 1. The topological polar surface area (TPSA) is 54.4 Å². The molecule has 1 aromatic carbocycles. The van der Waals surface area contributed by atoms with Gasteiger partial charge in [0.15, 0.2) is 5.78 Å². The second-order valence-electron chi connectivity index (χ2n) is 3.18. The van der Waals surface area contributed by atoms with E-state index >= 15 is 0 Å². The lowest BCUT2D eigenvalue weighted by atomic mass is 10.0. The molecule has 1 aliphatic rings. The number of rotatable bonds is 1. The molecule has 0 unspecified atom stereocenters. The lowest BCUT2D eigenvalue weighted by Crippen LogP contribution is -2.03. The molecular weight excluding hydrogens is 248 g/mol. The lowest BCUT2D eigenvalue weighted by molar-refractivity contribution is 0.0695. The van der Waals surface area contributed by atoms with Crippen LogP contribution in [0.25, 0.3) is 0 Å². The van der Waals surface area contributed by atoms with E-state index in [1.807, 2.05) is 0 Å². The normalized spacial score (nSPS) is 14.2. The standard InChI is InChI=1S/C10H7BrO3/c11-7-3-1-6(10(13)14)5-2-4-8(12)9(5)7/h1,3H,2,4H2,(H,13,14). The molecule has 0 amide bonds. The summed E-state index contributed by atoms with van der Waals surface area (Å²) in [6, 6.07) is 3.15. The fraction of sp³-hybridized carbons (Fsp3) is 0.200.